The first kappa shape index (κ1) is 9.68. The largest absolute Gasteiger partial charge is 0.274 e. The van der Waals surface area contributed by atoms with Crippen LogP contribution < -0.4 is 0 Å². The van der Waals surface area contributed by atoms with Gasteiger partial charge in [0.2, 0.25) is 0 Å². The lowest BCUT2D eigenvalue weighted by atomic mass is 10.1. The van der Waals surface area contributed by atoms with Crippen molar-refractivity contribution in [3.63, 3.8) is 0 Å². The lowest BCUT2D eigenvalue weighted by molar-refractivity contribution is -0.385. The van der Waals surface area contributed by atoms with Gasteiger partial charge in [-0.3, -0.25) is 10.1 Å². The van der Waals surface area contributed by atoms with Gasteiger partial charge in [0.25, 0.3) is 5.69 Å². The van der Waals surface area contributed by atoms with Crippen molar-refractivity contribution >= 4 is 21.6 Å². The molecule has 0 aliphatic heterocycles. The van der Waals surface area contributed by atoms with Crippen LogP contribution in [0.15, 0.2) is 16.6 Å². The van der Waals surface area contributed by atoms with Crippen LogP contribution in [-0.4, -0.2) is 4.92 Å². The quantitative estimate of drug-likeness (QED) is 0.560. The van der Waals surface area contributed by atoms with E-state index in [0.29, 0.717) is 15.6 Å². The zero-order valence-electron chi connectivity index (χ0n) is 6.74. The van der Waals surface area contributed by atoms with E-state index in [-0.39, 0.29) is 5.69 Å². The van der Waals surface area contributed by atoms with Crippen molar-refractivity contribution in [1.29, 1.82) is 5.26 Å². The predicted octanol–water partition coefficient (Wildman–Crippen LogP) is 2.54. The molecular formula is C8H5BrN2O2. The summed E-state index contributed by atoms with van der Waals surface area (Å²) in [6.45, 7) is 1.56. The maximum absolute atomic E-state index is 10.5. The van der Waals surface area contributed by atoms with Gasteiger partial charge in [-0.05, 0) is 13.0 Å². The Morgan fingerprint density at radius 1 is 1.62 bits per heavy atom. The van der Waals surface area contributed by atoms with Crippen LogP contribution in [0, 0.1) is 28.4 Å². The van der Waals surface area contributed by atoms with Gasteiger partial charge in [-0.25, -0.2) is 0 Å². The molecule has 0 saturated heterocycles. The molecular weight excluding hydrogens is 236 g/mol. The third-order valence-electron chi connectivity index (χ3n) is 1.66. The molecule has 0 fully saturated rings. The van der Waals surface area contributed by atoms with Crippen LogP contribution in [0.5, 0.6) is 0 Å². The lowest BCUT2D eigenvalue weighted by Crippen LogP contribution is -1.94. The van der Waals surface area contributed by atoms with Gasteiger partial charge in [0, 0.05) is 16.1 Å². The van der Waals surface area contributed by atoms with Crippen LogP contribution in [-0.2, 0) is 0 Å². The van der Waals surface area contributed by atoms with Gasteiger partial charge >= 0.3 is 0 Å². The maximum atomic E-state index is 10.5. The molecule has 0 atom stereocenters. The summed E-state index contributed by atoms with van der Waals surface area (Å²) in [6.07, 6.45) is 0. The van der Waals surface area contributed by atoms with Crippen molar-refractivity contribution in [2.24, 2.45) is 0 Å². The van der Waals surface area contributed by atoms with E-state index in [1.54, 1.807) is 13.0 Å². The third-order valence-corrected chi connectivity index (χ3v) is 2.12. The van der Waals surface area contributed by atoms with Crippen molar-refractivity contribution < 1.29 is 4.92 Å². The van der Waals surface area contributed by atoms with E-state index >= 15 is 0 Å². The van der Waals surface area contributed by atoms with Gasteiger partial charge in [-0.2, -0.15) is 5.26 Å². The second-order valence-electron chi connectivity index (χ2n) is 2.47. The molecule has 66 valence electrons. The molecule has 0 radical (unpaired) electrons. The topological polar surface area (TPSA) is 66.9 Å². The smallest absolute Gasteiger partial charge is 0.258 e. The number of nitro benzene ring substituents is 1. The Kier molecular flexibility index (Phi) is 2.63. The Hall–Kier alpha value is -1.41. The first-order valence-electron chi connectivity index (χ1n) is 3.41. The van der Waals surface area contributed by atoms with Crippen LogP contribution >= 0.6 is 15.9 Å². The van der Waals surface area contributed by atoms with Gasteiger partial charge in [0.1, 0.15) is 0 Å². The van der Waals surface area contributed by atoms with Crippen molar-refractivity contribution in [3.05, 3.63) is 37.8 Å². The highest BCUT2D eigenvalue weighted by Crippen LogP contribution is 2.26. The Morgan fingerprint density at radius 2 is 2.23 bits per heavy atom. The Balaban J connectivity index is 3.47. The minimum Gasteiger partial charge on any atom is -0.258 e. The minimum absolute atomic E-state index is 0.0362. The number of nitro groups is 1. The average Bonchev–Trinajstić information content (AvgIpc) is 2.08. The van der Waals surface area contributed by atoms with E-state index in [0.717, 1.165) is 0 Å². The van der Waals surface area contributed by atoms with Crippen LogP contribution in [0.1, 0.15) is 11.1 Å². The van der Waals surface area contributed by atoms with Gasteiger partial charge in [0.15, 0.2) is 0 Å². The summed E-state index contributed by atoms with van der Waals surface area (Å²) in [5, 5.41) is 19.2. The summed E-state index contributed by atoms with van der Waals surface area (Å²) in [5.74, 6) is 0. The molecule has 0 saturated carbocycles. The summed E-state index contributed by atoms with van der Waals surface area (Å²) in [6, 6.07) is 4.84. The lowest BCUT2D eigenvalue weighted by Gasteiger charge is -1.99. The number of hydrogen-bond acceptors (Lipinski definition) is 3. The van der Waals surface area contributed by atoms with E-state index in [1.807, 2.05) is 6.07 Å². The number of halogens is 1. The summed E-state index contributed by atoms with van der Waals surface area (Å²) < 4.78 is 0.543. The van der Waals surface area contributed by atoms with E-state index in [4.69, 9.17) is 5.26 Å². The normalized spacial score (nSPS) is 9.31. The molecule has 0 amide bonds. The van der Waals surface area contributed by atoms with E-state index in [9.17, 15) is 10.1 Å². The summed E-state index contributed by atoms with van der Waals surface area (Å²) in [7, 11) is 0. The Bertz CT molecular complexity index is 409. The predicted molar refractivity (Wildman–Crippen MR) is 50.2 cm³/mol. The molecule has 0 aliphatic rings. The zero-order chi connectivity index (χ0) is 10.0. The van der Waals surface area contributed by atoms with Crippen molar-refractivity contribution in [2.75, 3.05) is 0 Å². The molecule has 0 aromatic heterocycles. The van der Waals surface area contributed by atoms with Crippen molar-refractivity contribution in [2.45, 2.75) is 6.92 Å². The molecule has 0 bridgehead atoms. The van der Waals surface area contributed by atoms with Crippen LogP contribution in [0.4, 0.5) is 5.69 Å². The Morgan fingerprint density at radius 3 is 2.69 bits per heavy atom. The molecule has 0 spiro atoms. The van der Waals surface area contributed by atoms with Gasteiger partial charge < -0.3 is 0 Å². The number of hydrogen-bond donors (Lipinski definition) is 0. The summed E-state index contributed by atoms with van der Waals surface area (Å²) in [5.41, 5.74) is 0.683. The first-order valence-corrected chi connectivity index (χ1v) is 4.20. The van der Waals surface area contributed by atoms with E-state index in [2.05, 4.69) is 15.9 Å². The van der Waals surface area contributed by atoms with Gasteiger partial charge in [-0.1, -0.05) is 15.9 Å². The van der Waals surface area contributed by atoms with E-state index in [1.165, 1.54) is 6.07 Å². The van der Waals surface area contributed by atoms with Crippen molar-refractivity contribution in [3.8, 4) is 6.07 Å². The maximum Gasteiger partial charge on any atom is 0.274 e. The number of nitriles is 1. The standard InChI is InChI=1S/C8H5BrN2O2/c1-5-6(4-10)2-7(9)3-8(5)11(12)13/h2-3H,1H3. The molecule has 5 heteroatoms. The summed E-state index contributed by atoms with van der Waals surface area (Å²) in [4.78, 5) is 10.0. The molecule has 13 heavy (non-hydrogen) atoms. The fourth-order valence-electron chi connectivity index (χ4n) is 0.970. The minimum atomic E-state index is -0.499. The van der Waals surface area contributed by atoms with Crippen LogP contribution in [0.25, 0.3) is 0 Å². The molecule has 1 rings (SSSR count). The molecule has 0 N–H and O–H groups in total. The fraction of sp³-hybridized carbons (Fsp3) is 0.125. The Labute approximate surface area is 83.1 Å². The average molecular weight is 241 g/mol. The highest BCUT2D eigenvalue weighted by Gasteiger charge is 2.14. The van der Waals surface area contributed by atoms with Gasteiger partial charge in [0.05, 0.1) is 16.6 Å². The highest BCUT2D eigenvalue weighted by molar-refractivity contribution is 9.10. The molecule has 0 aliphatic carbocycles. The highest BCUT2D eigenvalue weighted by atomic mass is 79.9. The number of benzene rings is 1. The number of rotatable bonds is 1. The molecule has 0 unspecified atom stereocenters. The third kappa shape index (κ3) is 1.84. The monoisotopic (exact) mass is 240 g/mol. The second kappa shape index (κ2) is 3.54. The van der Waals surface area contributed by atoms with E-state index < -0.39 is 4.92 Å². The SMILES string of the molecule is Cc1c(C#N)cc(Br)cc1[N+](=O)[O-]. The second-order valence-corrected chi connectivity index (χ2v) is 3.38. The fourth-order valence-corrected chi connectivity index (χ4v) is 1.42. The zero-order valence-corrected chi connectivity index (χ0v) is 8.33. The van der Waals surface area contributed by atoms with Crippen molar-refractivity contribution in [1.82, 2.24) is 0 Å². The first-order chi connectivity index (χ1) is 6.06. The molecule has 1 aromatic carbocycles. The van der Waals surface area contributed by atoms with Crippen LogP contribution in [0.2, 0.25) is 0 Å². The van der Waals surface area contributed by atoms with Crippen LogP contribution in [0.3, 0.4) is 0 Å². The van der Waals surface area contributed by atoms with Gasteiger partial charge in [-0.15, -0.1) is 0 Å². The number of nitrogens with zero attached hydrogens (tertiary/aromatic N) is 2. The molecule has 4 nitrogen and oxygen atoms in total. The molecule has 1 aromatic rings. The summed E-state index contributed by atoms with van der Waals surface area (Å²) >= 11 is 3.10. The molecule has 0 heterocycles.